The van der Waals surface area contributed by atoms with E-state index in [1.165, 1.54) is 5.56 Å². The Bertz CT molecular complexity index is 549. The molecule has 0 bridgehead atoms. The molecular weight excluding hydrogens is 304 g/mol. The minimum Gasteiger partial charge on any atom is -0.380 e. The van der Waals surface area contributed by atoms with Crippen LogP contribution in [0.4, 0.5) is 0 Å². The third-order valence-electron chi connectivity index (χ3n) is 5.26. The predicted octanol–water partition coefficient (Wildman–Crippen LogP) is 1.63. The lowest BCUT2D eigenvalue weighted by molar-refractivity contribution is -0.131. The van der Waals surface area contributed by atoms with Crippen LogP contribution >= 0.6 is 0 Å². The Labute approximate surface area is 144 Å². The molecule has 2 aliphatic rings. The largest absolute Gasteiger partial charge is 0.380 e. The maximum absolute atomic E-state index is 12.2. The van der Waals surface area contributed by atoms with Gasteiger partial charge in [-0.25, -0.2) is 0 Å². The van der Waals surface area contributed by atoms with Crippen molar-refractivity contribution >= 4 is 5.91 Å². The number of nitrogens with zero attached hydrogens (tertiary/aromatic N) is 2. The Morgan fingerprint density at radius 1 is 1.38 bits per heavy atom. The van der Waals surface area contributed by atoms with Crippen molar-refractivity contribution in [3.63, 3.8) is 0 Å². The van der Waals surface area contributed by atoms with Gasteiger partial charge in [0.15, 0.2) is 0 Å². The molecule has 2 heterocycles. The Morgan fingerprint density at radius 3 is 2.92 bits per heavy atom. The first-order valence-corrected chi connectivity index (χ1v) is 8.71. The lowest BCUT2D eigenvalue weighted by Gasteiger charge is -2.28. The van der Waals surface area contributed by atoms with Gasteiger partial charge in [-0.05, 0) is 5.56 Å². The number of carbonyl (C=O) groups is 1. The topological polar surface area (TPSA) is 42.0 Å². The number of amides is 1. The van der Waals surface area contributed by atoms with Crippen LogP contribution in [0.2, 0.25) is 0 Å². The van der Waals surface area contributed by atoms with E-state index >= 15 is 0 Å². The van der Waals surface area contributed by atoms with Crippen LogP contribution in [0, 0.1) is 11.3 Å². The lowest BCUT2D eigenvalue weighted by Crippen LogP contribution is -2.37. The Balaban J connectivity index is 1.46. The summed E-state index contributed by atoms with van der Waals surface area (Å²) in [5, 5.41) is 0. The molecule has 2 fully saturated rings. The summed E-state index contributed by atoms with van der Waals surface area (Å²) in [5.74, 6) is 0.670. The molecule has 24 heavy (non-hydrogen) atoms. The van der Waals surface area contributed by atoms with Crippen LogP contribution in [0.1, 0.15) is 12.0 Å². The fourth-order valence-corrected chi connectivity index (χ4v) is 3.78. The van der Waals surface area contributed by atoms with E-state index in [-0.39, 0.29) is 11.3 Å². The molecule has 132 valence electrons. The van der Waals surface area contributed by atoms with Gasteiger partial charge in [0.2, 0.25) is 5.91 Å². The molecule has 5 heteroatoms. The van der Waals surface area contributed by atoms with Crippen molar-refractivity contribution in [2.75, 3.05) is 53.6 Å². The summed E-state index contributed by atoms with van der Waals surface area (Å²) in [6, 6.07) is 10.2. The van der Waals surface area contributed by atoms with Gasteiger partial charge in [0.05, 0.1) is 26.4 Å². The molecule has 2 saturated heterocycles. The molecule has 0 aliphatic carbocycles. The highest BCUT2D eigenvalue weighted by molar-refractivity contribution is 5.76. The second-order valence-corrected chi connectivity index (χ2v) is 7.31. The standard InChI is InChI=1S/C19H28N2O3/c1-20(2)18(22)10-19-14-21(11-17(19)13-24-15-19)8-9-23-12-16-6-4-3-5-7-16/h3-7,17H,8-15H2,1-2H3/t17-,19+/m1/s1. The van der Waals surface area contributed by atoms with Crippen molar-refractivity contribution in [1.29, 1.82) is 0 Å². The average molecular weight is 332 g/mol. The zero-order valence-corrected chi connectivity index (χ0v) is 14.7. The van der Waals surface area contributed by atoms with Crippen LogP contribution < -0.4 is 0 Å². The van der Waals surface area contributed by atoms with Crippen LogP contribution in [0.15, 0.2) is 30.3 Å². The van der Waals surface area contributed by atoms with Gasteiger partial charge in [0, 0.05) is 51.5 Å². The number of carbonyl (C=O) groups excluding carboxylic acids is 1. The fraction of sp³-hybridized carbons (Fsp3) is 0.632. The molecular formula is C19H28N2O3. The number of hydrogen-bond donors (Lipinski definition) is 0. The zero-order valence-electron chi connectivity index (χ0n) is 14.7. The molecule has 1 aromatic carbocycles. The van der Waals surface area contributed by atoms with E-state index in [0.29, 0.717) is 25.6 Å². The highest BCUT2D eigenvalue weighted by Crippen LogP contribution is 2.44. The van der Waals surface area contributed by atoms with E-state index in [1.54, 1.807) is 4.90 Å². The van der Waals surface area contributed by atoms with Gasteiger partial charge in [-0.3, -0.25) is 9.69 Å². The van der Waals surface area contributed by atoms with Crippen LogP contribution in [0.25, 0.3) is 0 Å². The Morgan fingerprint density at radius 2 is 2.17 bits per heavy atom. The van der Waals surface area contributed by atoms with Crippen molar-refractivity contribution < 1.29 is 14.3 Å². The number of ether oxygens (including phenoxy) is 2. The summed E-state index contributed by atoms with van der Waals surface area (Å²) in [5.41, 5.74) is 1.21. The van der Waals surface area contributed by atoms with Crippen molar-refractivity contribution in [3.05, 3.63) is 35.9 Å². The van der Waals surface area contributed by atoms with Crippen molar-refractivity contribution in [1.82, 2.24) is 9.80 Å². The third kappa shape index (κ3) is 3.97. The normalized spacial score (nSPS) is 26.5. The average Bonchev–Trinajstić information content (AvgIpc) is 3.08. The summed E-state index contributed by atoms with van der Waals surface area (Å²) < 4.78 is 11.5. The van der Waals surface area contributed by atoms with Crippen LogP contribution in [-0.4, -0.2) is 69.3 Å². The van der Waals surface area contributed by atoms with Crippen LogP contribution in [0.5, 0.6) is 0 Å². The van der Waals surface area contributed by atoms with E-state index in [9.17, 15) is 4.79 Å². The molecule has 0 unspecified atom stereocenters. The highest BCUT2D eigenvalue weighted by Gasteiger charge is 2.51. The van der Waals surface area contributed by atoms with Crippen LogP contribution in [-0.2, 0) is 20.9 Å². The number of hydrogen-bond acceptors (Lipinski definition) is 4. The predicted molar refractivity (Wildman–Crippen MR) is 92.6 cm³/mol. The summed E-state index contributed by atoms with van der Waals surface area (Å²) in [7, 11) is 3.65. The summed E-state index contributed by atoms with van der Waals surface area (Å²) in [6.07, 6.45) is 0.589. The maximum Gasteiger partial charge on any atom is 0.222 e. The van der Waals surface area contributed by atoms with E-state index in [2.05, 4.69) is 17.0 Å². The molecule has 1 amide bonds. The maximum atomic E-state index is 12.2. The van der Waals surface area contributed by atoms with E-state index in [1.807, 2.05) is 32.3 Å². The number of rotatable bonds is 7. The van der Waals surface area contributed by atoms with Gasteiger partial charge < -0.3 is 14.4 Å². The minimum atomic E-state index is 0.000777. The van der Waals surface area contributed by atoms with Gasteiger partial charge >= 0.3 is 0 Å². The molecule has 0 radical (unpaired) electrons. The number of benzene rings is 1. The molecule has 2 aliphatic heterocycles. The first kappa shape index (κ1) is 17.4. The Hall–Kier alpha value is -1.43. The third-order valence-corrected chi connectivity index (χ3v) is 5.26. The summed E-state index contributed by atoms with van der Waals surface area (Å²) in [6.45, 7) is 5.73. The quantitative estimate of drug-likeness (QED) is 0.712. The van der Waals surface area contributed by atoms with Gasteiger partial charge in [-0.2, -0.15) is 0 Å². The molecule has 0 N–H and O–H groups in total. The first-order valence-electron chi connectivity index (χ1n) is 8.71. The van der Waals surface area contributed by atoms with Gasteiger partial charge in [0.25, 0.3) is 0 Å². The second-order valence-electron chi connectivity index (χ2n) is 7.31. The molecule has 0 aromatic heterocycles. The van der Waals surface area contributed by atoms with Crippen molar-refractivity contribution in [2.24, 2.45) is 11.3 Å². The van der Waals surface area contributed by atoms with Gasteiger partial charge in [-0.1, -0.05) is 30.3 Å². The van der Waals surface area contributed by atoms with E-state index in [4.69, 9.17) is 9.47 Å². The Kier molecular flexibility index (Phi) is 5.54. The second kappa shape index (κ2) is 7.64. The van der Waals surface area contributed by atoms with Gasteiger partial charge in [-0.15, -0.1) is 0 Å². The van der Waals surface area contributed by atoms with Crippen molar-refractivity contribution in [3.8, 4) is 0 Å². The number of fused-ring (bicyclic) bond motifs is 1. The monoisotopic (exact) mass is 332 g/mol. The smallest absolute Gasteiger partial charge is 0.222 e. The molecule has 0 spiro atoms. The molecule has 1 aromatic rings. The number of likely N-dealkylation sites (tertiary alicyclic amines) is 1. The van der Waals surface area contributed by atoms with Crippen LogP contribution in [0.3, 0.4) is 0 Å². The first-order chi connectivity index (χ1) is 11.6. The molecule has 5 nitrogen and oxygen atoms in total. The molecule has 3 rings (SSSR count). The SMILES string of the molecule is CN(C)C(=O)C[C@]12COC[C@H]1CN(CCOCc1ccccc1)C2. The van der Waals surface area contributed by atoms with E-state index in [0.717, 1.165) is 32.8 Å². The van der Waals surface area contributed by atoms with Gasteiger partial charge in [0.1, 0.15) is 0 Å². The summed E-state index contributed by atoms with van der Waals surface area (Å²) >= 11 is 0. The highest BCUT2D eigenvalue weighted by atomic mass is 16.5. The molecule has 2 atom stereocenters. The van der Waals surface area contributed by atoms with Crippen molar-refractivity contribution in [2.45, 2.75) is 13.0 Å². The zero-order chi connectivity index (χ0) is 17.0. The lowest BCUT2D eigenvalue weighted by atomic mass is 9.78. The minimum absolute atomic E-state index is 0.000777. The molecule has 0 saturated carbocycles. The fourth-order valence-electron chi connectivity index (χ4n) is 3.78. The summed E-state index contributed by atoms with van der Waals surface area (Å²) in [4.78, 5) is 16.3. The van der Waals surface area contributed by atoms with E-state index < -0.39 is 0 Å².